The first kappa shape index (κ1) is 22.7. The first-order chi connectivity index (χ1) is 15.7. The number of hydrogen-bond acceptors (Lipinski definition) is 4. The molecule has 168 valence electrons. The van der Waals surface area contributed by atoms with Crippen LogP contribution in [-0.4, -0.2) is 31.2 Å². The summed E-state index contributed by atoms with van der Waals surface area (Å²) >= 11 is 6.04. The lowest BCUT2D eigenvalue weighted by atomic mass is 10.1. The SMILES string of the molecule is CN(C(=O)Cc1cc(-c2ccc(Cl)cc2)n(-c2ccc(S(N)(=O)=O)cc2)n1)c1ccccc1. The van der Waals surface area contributed by atoms with E-state index in [-0.39, 0.29) is 17.2 Å². The molecule has 9 heteroatoms. The maximum Gasteiger partial charge on any atom is 0.238 e. The van der Waals surface area contributed by atoms with Crippen LogP contribution < -0.4 is 10.0 Å². The number of aromatic nitrogens is 2. The average molecular weight is 481 g/mol. The predicted molar refractivity (Wildman–Crippen MR) is 129 cm³/mol. The van der Waals surface area contributed by atoms with E-state index in [0.717, 1.165) is 16.9 Å². The van der Waals surface area contributed by atoms with Crippen LogP contribution in [0.5, 0.6) is 0 Å². The Hall–Kier alpha value is -3.46. The molecule has 0 fully saturated rings. The number of benzene rings is 3. The summed E-state index contributed by atoms with van der Waals surface area (Å²) in [5.74, 6) is -0.113. The molecule has 3 aromatic carbocycles. The number of anilines is 1. The van der Waals surface area contributed by atoms with Crippen LogP contribution in [-0.2, 0) is 21.2 Å². The molecule has 1 aromatic heterocycles. The summed E-state index contributed by atoms with van der Waals surface area (Å²) in [6.07, 6.45) is 0.0915. The lowest BCUT2D eigenvalue weighted by molar-refractivity contribution is -0.117. The van der Waals surface area contributed by atoms with Gasteiger partial charge in [0.05, 0.1) is 28.4 Å². The predicted octanol–water partition coefficient (Wildman–Crippen LogP) is 4.05. The molecule has 4 rings (SSSR count). The summed E-state index contributed by atoms with van der Waals surface area (Å²) in [6, 6.07) is 24.5. The summed E-state index contributed by atoms with van der Waals surface area (Å²) in [4.78, 5) is 14.5. The van der Waals surface area contributed by atoms with Gasteiger partial charge in [-0.05, 0) is 54.6 Å². The van der Waals surface area contributed by atoms with Crippen LogP contribution in [0.15, 0.2) is 89.8 Å². The first-order valence-corrected chi connectivity index (χ1v) is 11.9. The maximum atomic E-state index is 12.9. The number of carbonyl (C=O) groups excluding carboxylic acids is 1. The van der Waals surface area contributed by atoms with Gasteiger partial charge >= 0.3 is 0 Å². The minimum absolute atomic E-state index is 0.00587. The van der Waals surface area contributed by atoms with Crippen LogP contribution in [0.25, 0.3) is 16.9 Å². The summed E-state index contributed by atoms with van der Waals surface area (Å²) in [6.45, 7) is 0. The number of hydrogen-bond donors (Lipinski definition) is 1. The highest BCUT2D eigenvalue weighted by atomic mass is 35.5. The van der Waals surface area contributed by atoms with Gasteiger partial charge in [-0.3, -0.25) is 4.79 Å². The fourth-order valence-electron chi connectivity index (χ4n) is 3.39. The van der Waals surface area contributed by atoms with Gasteiger partial charge in [0.15, 0.2) is 0 Å². The van der Waals surface area contributed by atoms with E-state index in [2.05, 4.69) is 5.10 Å². The van der Waals surface area contributed by atoms with E-state index in [0.29, 0.717) is 16.4 Å². The molecule has 0 bridgehead atoms. The number of sulfonamides is 1. The number of rotatable bonds is 6. The van der Waals surface area contributed by atoms with Crippen molar-refractivity contribution in [2.45, 2.75) is 11.3 Å². The van der Waals surface area contributed by atoms with Gasteiger partial charge in [0.25, 0.3) is 0 Å². The largest absolute Gasteiger partial charge is 0.315 e. The number of nitrogens with two attached hydrogens (primary N) is 1. The number of primary sulfonamides is 1. The lowest BCUT2D eigenvalue weighted by Crippen LogP contribution is -2.27. The van der Waals surface area contributed by atoms with Crippen LogP contribution in [0.3, 0.4) is 0 Å². The molecule has 0 aliphatic rings. The smallest absolute Gasteiger partial charge is 0.238 e. The van der Waals surface area contributed by atoms with Crippen LogP contribution in [0.2, 0.25) is 5.02 Å². The van der Waals surface area contributed by atoms with Crippen molar-refractivity contribution in [1.29, 1.82) is 0 Å². The van der Waals surface area contributed by atoms with Crippen molar-refractivity contribution in [3.8, 4) is 16.9 Å². The van der Waals surface area contributed by atoms with E-state index in [4.69, 9.17) is 16.7 Å². The van der Waals surface area contributed by atoms with E-state index in [1.807, 2.05) is 48.5 Å². The summed E-state index contributed by atoms with van der Waals surface area (Å²) < 4.78 is 24.9. The molecule has 0 spiro atoms. The van der Waals surface area contributed by atoms with Crippen molar-refractivity contribution >= 4 is 33.2 Å². The maximum absolute atomic E-state index is 12.9. The quantitative estimate of drug-likeness (QED) is 0.450. The molecule has 0 saturated heterocycles. The molecule has 7 nitrogen and oxygen atoms in total. The fraction of sp³-hybridized carbons (Fsp3) is 0.0833. The Bertz CT molecular complexity index is 1380. The van der Waals surface area contributed by atoms with Crippen LogP contribution in [0.1, 0.15) is 5.69 Å². The minimum Gasteiger partial charge on any atom is -0.315 e. The molecule has 0 radical (unpaired) electrons. The third-order valence-corrected chi connectivity index (χ3v) is 6.34. The molecule has 0 aliphatic heterocycles. The highest BCUT2D eigenvalue weighted by Crippen LogP contribution is 2.27. The van der Waals surface area contributed by atoms with E-state index in [1.165, 1.54) is 12.1 Å². The molecular formula is C24H21ClN4O3S. The van der Waals surface area contributed by atoms with Gasteiger partial charge in [0, 0.05) is 23.3 Å². The lowest BCUT2D eigenvalue weighted by Gasteiger charge is -2.16. The van der Waals surface area contributed by atoms with E-state index in [9.17, 15) is 13.2 Å². The van der Waals surface area contributed by atoms with Crippen LogP contribution >= 0.6 is 11.6 Å². The second kappa shape index (κ2) is 9.19. The number of carbonyl (C=O) groups is 1. The Balaban J connectivity index is 1.71. The second-order valence-corrected chi connectivity index (χ2v) is 9.44. The van der Waals surface area contributed by atoms with Gasteiger partial charge in [-0.15, -0.1) is 0 Å². The molecule has 33 heavy (non-hydrogen) atoms. The third kappa shape index (κ3) is 5.14. The standard InChI is InChI=1S/C24H21ClN4O3S/c1-28(20-5-3-2-4-6-20)24(30)16-19-15-23(17-7-9-18(25)10-8-17)29(27-19)21-11-13-22(14-12-21)33(26,31)32/h2-15H,16H2,1H3,(H2,26,31,32). The summed E-state index contributed by atoms with van der Waals surface area (Å²) in [7, 11) is -2.09. The van der Waals surface area contributed by atoms with E-state index >= 15 is 0 Å². The van der Waals surface area contributed by atoms with Crippen molar-refractivity contribution in [2.24, 2.45) is 5.14 Å². The van der Waals surface area contributed by atoms with E-state index in [1.54, 1.807) is 40.9 Å². The summed E-state index contributed by atoms with van der Waals surface area (Å²) in [5, 5.41) is 10.5. The second-order valence-electron chi connectivity index (χ2n) is 7.44. The van der Waals surface area contributed by atoms with Crippen molar-refractivity contribution in [3.05, 3.63) is 95.6 Å². The topological polar surface area (TPSA) is 98.3 Å². The Labute approximate surface area is 197 Å². The van der Waals surface area contributed by atoms with Crippen molar-refractivity contribution in [1.82, 2.24) is 9.78 Å². The normalized spacial score (nSPS) is 11.4. The number of likely N-dealkylation sites (N-methyl/N-ethyl adjacent to an activating group) is 1. The first-order valence-electron chi connectivity index (χ1n) is 10.0. The van der Waals surface area contributed by atoms with E-state index < -0.39 is 10.0 Å². The Morgan fingerprint density at radius 2 is 1.64 bits per heavy atom. The highest BCUT2D eigenvalue weighted by molar-refractivity contribution is 7.89. The Kier molecular flexibility index (Phi) is 6.33. The van der Waals surface area contributed by atoms with Gasteiger partial charge in [-0.2, -0.15) is 5.10 Å². The van der Waals surface area contributed by atoms with Crippen LogP contribution in [0, 0.1) is 0 Å². The molecule has 2 N–H and O–H groups in total. The summed E-state index contributed by atoms with van der Waals surface area (Å²) in [5.41, 5.74) is 3.57. The van der Waals surface area contributed by atoms with Gasteiger partial charge in [0.2, 0.25) is 15.9 Å². The average Bonchev–Trinajstić information content (AvgIpc) is 3.22. The highest BCUT2D eigenvalue weighted by Gasteiger charge is 2.18. The molecule has 0 aliphatic carbocycles. The van der Waals surface area contributed by atoms with Crippen molar-refractivity contribution in [2.75, 3.05) is 11.9 Å². The number of halogens is 1. The zero-order valence-corrected chi connectivity index (χ0v) is 19.3. The molecular weight excluding hydrogens is 460 g/mol. The van der Waals surface area contributed by atoms with Crippen molar-refractivity contribution < 1.29 is 13.2 Å². The zero-order chi connectivity index (χ0) is 23.6. The number of amides is 1. The van der Waals surface area contributed by atoms with Gasteiger partial charge in [-0.1, -0.05) is 41.9 Å². The Morgan fingerprint density at radius 1 is 1.00 bits per heavy atom. The molecule has 4 aromatic rings. The van der Waals surface area contributed by atoms with Crippen LogP contribution in [0.4, 0.5) is 5.69 Å². The minimum atomic E-state index is -3.81. The van der Waals surface area contributed by atoms with Gasteiger partial charge in [0.1, 0.15) is 0 Å². The molecule has 1 amide bonds. The molecule has 0 atom stereocenters. The van der Waals surface area contributed by atoms with Gasteiger partial charge in [-0.25, -0.2) is 18.2 Å². The number of para-hydroxylation sites is 1. The molecule has 0 unspecified atom stereocenters. The Morgan fingerprint density at radius 3 is 2.24 bits per heavy atom. The fourth-order valence-corrected chi connectivity index (χ4v) is 4.03. The van der Waals surface area contributed by atoms with Crippen molar-refractivity contribution in [3.63, 3.8) is 0 Å². The molecule has 0 saturated carbocycles. The monoisotopic (exact) mass is 480 g/mol. The number of nitrogens with zero attached hydrogens (tertiary/aromatic N) is 3. The third-order valence-electron chi connectivity index (χ3n) is 5.16. The zero-order valence-electron chi connectivity index (χ0n) is 17.7. The molecule has 1 heterocycles. The van der Waals surface area contributed by atoms with Gasteiger partial charge < -0.3 is 4.90 Å².